The van der Waals surface area contributed by atoms with Gasteiger partial charge >= 0.3 is 0 Å². The SMILES string of the molecule is COCCNCCNC(=O)c1ccn(-c2c(F)cccc2F)n1.Cl. The van der Waals surface area contributed by atoms with Gasteiger partial charge in [0.25, 0.3) is 5.91 Å². The fraction of sp³-hybridized carbons (Fsp3) is 0.333. The zero-order valence-electron chi connectivity index (χ0n) is 13.1. The Hall–Kier alpha value is -2.03. The van der Waals surface area contributed by atoms with Crippen molar-refractivity contribution in [2.45, 2.75) is 0 Å². The van der Waals surface area contributed by atoms with Gasteiger partial charge in [-0.15, -0.1) is 12.4 Å². The number of hydrogen-bond donors (Lipinski definition) is 2. The number of nitrogens with zero attached hydrogens (tertiary/aromatic N) is 2. The molecule has 0 radical (unpaired) electrons. The molecule has 0 saturated carbocycles. The number of aromatic nitrogens is 2. The molecule has 0 fully saturated rings. The van der Waals surface area contributed by atoms with Crippen molar-refractivity contribution >= 4 is 18.3 Å². The Bertz CT molecular complexity index is 646. The van der Waals surface area contributed by atoms with Crippen LogP contribution in [0.25, 0.3) is 5.69 Å². The highest BCUT2D eigenvalue weighted by molar-refractivity contribution is 5.92. The monoisotopic (exact) mass is 360 g/mol. The van der Waals surface area contributed by atoms with Gasteiger partial charge in [0.15, 0.2) is 17.3 Å². The molecular weight excluding hydrogens is 342 g/mol. The number of rotatable bonds is 8. The number of nitrogens with one attached hydrogen (secondary N) is 2. The quantitative estimate of drug-likeness (QED) is 0.701. The Balaban J connectivity index is 0.00000288. The predicted molar refractivity (Wildman–Crippen MR) is 87.8 cm³/mol. The van der Waals surface area contributed by atoms with Gasteiger partial charge in [-0.2, -0.15) is 5.10 Å². The average molecular weight is 361 g/mol. The van der Waals surface area contributed by atoms with Crippen molar-refractivity contribution in [3.63, 3.8) is 0 Å². The fourth-order valence-corrected chi connectivity index (χ4v) is 1.93. The van der Waals surface area contributed by atoms with E-state index in [4.69, 9.17) is 4.74 Å². The molecule has 0 aliphatic carbocycles. The van der Waals surface area contributed by atoms with E-state index >= 15 is 0 Å². The molecule has 2 aromatic rings. The Labute approximate surface area is 144 Å². The number of halogens is 3. The first kappa shape index (κ1) is 20.0. The summed E-state index contributed by atoms with van der Waals surface area (Å²) in [5, 5.41) is 9.65. The summed E-state index contributed by atoms with van der Waals surface area (Å²) in [6, 6.07) is 4.93. The maximum absolute atomic E-state index is 13.7. The first-order valence-corrected chi connectivity index (χ1v) is 7.11. The van der Waals surface area contributed by atoms with Crippen LogP contribution in [0.4, 0.5) is 8.78 Å². The molecule has 0 atom stereocenters. The van der Waals surface area contributed by atoms with Crippen molar-refractivity contribution in [1.29, 1.82) is 0 Å². The average Bonchev–Trinajstić information content (AvgIpc) is 3.00. The smallest absolute Gasteiger partial charge is 0.271 e. The maximum Gasteiger partial charge on any atom is 0.271 e. The van der Waals surface area contributed by atoms with Crippen LogP contribution in [0.2, 0.25) is 0 Å². The third-order valence-corrected chi connectivity index (χ3v) is 3.06. The lowest BCUT2D eigenvalue weighted by Gasteiger charge is -2.06. The second kappa shape index (κ2) is 9.96. The maximum atomic E-state index is 13.7. The summed E-state index contributed by atoms with van der Waals surface area (Å²) in [5.74, 6) is -1.90. The van der Waals surface area contributed by atoms with Gasteiger partial charge in [-0.3, -0.25) is 4.79 Å². The number of hydrogen-bond acceptors (Lipinski definition) is 4. The van der Waals surface area contributed by atoms with Crippen molar-refractivity contribution in [1.82, 2.24) is 20.4 Å². The molecule has 0 aliphatic rings. The molecule has 0 saturated heterocycles. The molecule has 0 unspecified atom stereocenters. The number of methoxy groups -OCH3 is 1. The highest BCUT2D eigenvalue weighted by Gasteiger charge is 2.14. The molecule has 6 nitrogen and oxygen atoms in total. The Morgan fingerprint density at radius 1 is 1.21 bits per heavy atom. The van der Waals surface area contributed by atoms with E-state index in [2.05, 4.69) is 15.7 Å². The molecule has 0 bridgehead atoms. The Kier molecular flexibility index (Phi) is 8.31. The molecule has 0 aliphatic heterocycles. The second-order valence-electron chi connectivity index (χ2n) is 4.71. The van der Waals surface area contributed by atoms with E-state index in [9.17, 15) is 13.6 Å². The minimum absolute atomic E-state index is 0. The van der Waals surface area contributed by atoms with Crippen LogP contribution in [-0.2, 0) is 4.74 Å². The minimum atomic E-state index is -0.748. The van der Waals surface area contributed by atoms with Crippen molar-refractivity contribution in [2.75, 3.05) is 33.4 Å². The van der Waals surface area contributed by atoms with Crippen LogP contribution < -0.4 is 10.6 Å². The van der Waals surface area contributed by atoms with Gasteiger partial charge in [-0.25, -0.2) is 13.5 Å². The zero-order chi connectivity index (χ0) is 16.7. The molecule has 24 heavy (non-hydrogen) atoms. The van der Waals surface area contributed by atoms with Gasteiger partial charge in [0.05, 0.1) is 6.61 Å². The molecule has 2 N–H and O–H groups in total. The number of ether oxygens (including phenoxy) is 1. The first-order valence-electron chi connectivity index (χ1n) is 7.11. The number of para-hydroxylation sites is 1. The van der Waals surface area contributed by atoms with Gasteiger partial charge in [0, 0.05) is 32.9 Å². The molecular formula is C15H19ClF2N4O2. The molecule has 1 aromatic heterocycles. The number of amides is 1. The van der Waals surface area contributed by atoms with Gasteiger partial charge < -0.3 is 15.4 Å². The van der Waals surface area contributed by atoms with Crippen molar-refractivity contribution in [2.24, 2.45) is 0 Å². The van der Waals surface area contributed by atoms with Gasteiger partial charge in [-0.05, 0) is 18.2 Å². The van der Waals surface area contributed by atoms with Gasteiger partial charge in [-0.1, -0.05) is 6.07 Å². The fourth-order valence-electron chi connectivity index (χ4n) is 1.93. The largest absolute Gasteiger partial charge is 0.383 e. The van der Waals surface area contributed by atoms with Crippen molar-refractivity contribution in [3.8, 4) is 5.69 Å². The van der Waals surface area contributed by atoms with Crippen LogP contribution in [0, 0.1) is 11.6 Å². The number of carbonyl (C=O) groups is 1. The summed E-state index contributed by atoms with van der Waals surface area (Å²) in [5.41, 5.74) is -0.225. The first-order chi connectivity index (χ1) is 11.1. The summed E-state index contributed by atoms with van der Waals surface area (Å²) >= 11 is 0. The van der Waals surface area contributed by atoms with Crippen LogP contribution in [0.15, 0.2) is 30.5 Å². The summed E-state index contributed by atoms with van der Waals surface area (Å²) in [4.78, 5) is 11.9. The van der Waals surface area contributed by atoms with Crippen molar-refractivity contribution < 1.29 is 18.3 Å². The van der Waals surface area contributed by atoms with E-state index in [1.165, 1.54) is 18.3 Å². The van der Waals surface area contributed by atoms with Gasteiger partial charge in [0.1, 0.15) is 5.69 Å². The predicted octanol–water partition coefficient (Wildman–Crippen LogP) is 1.54. The lowest BCUT2D eigenvalue weighted by atomic mass is 10.3. The molecule has 1 amide bonds. The second-order valence-corrected chi connectivity index (χ2v) is 4.71. The standard InChI is InChI=1S/C15H18F2N4O2.ClH/c1-23-10-8-18-6-7-19-15(22)13-5-9-21(20-13)14-11(16)3-2-4-12(14)17;/h2-5,9,18H,6-8,10H2,1H3,(H,19,22);1H. The molecule has 9 heteroatoms. The highest BCUT2D eigenvalue weighted by atomic mass is 35.5. The summed E-state index contributed by atoms with van der Waals surface area (Å²) in [7, 11) is 1.61. The summed E-state index contributed by atoms with van der Waals surface area (Å²) in [6.45, 7) is 2.27. The van der Waals surface area contributed by atoms with Crippen LogP contribution in [-0.4, -0.2) is 49.0 Å². The van der Waals surface area contributed by atoms with Crippen LogP contribution in [0.1, 0.15) is 10.5 Å². The molecule has 132 valence electrons. The van der Waals surface area contributed by atoms with E-state index in [-0.39, 0.29) is 23.8 Å². The van der Waals surface area contributed by atoms with Crippen LogP contribution in [0.3, 0.4) is 0 Å². The minimum Gasteiger partial charge on any atom is -0.383 e. The summed E-state index contributed by atoms with van der Waals surface area (Å²) < 4.78 is 33.2. The molecule has 2 rings (SSSR count). The van der Waals surface area contributed by atoms with E-state index in [1.54, 1.807) is 7.11 Å². The molecule has 0 spiro atoms. The summed E-state index contributed by atoms with van der Waals surface area (Å²) in [6.07, 6.45) is 1.34. The molecule has 1 aromatic carbocycles. The van der Waals surface area contributed by atoms with E-state index in [0.29, 0.717) is 26.2 Å². The lowest BCUT2D eigenvalue weighted by Crippen LogP contribution is -2.33. The zero-order valence-corrected chi connectivity index (χ0v) is 13.9. The normalized spacial score (nSPS) is 10.3. The van der Waals surface area contributed by atoms with Crippen LogP contribution in [0.5, 0.6) is 0 Å². The number of carbonyl (C=O) groups excluding carboxylic acids is 1. The highest BCUT2D eigenvalue weighted by Crippen LogP contribution is 2.16. The van der Waals surface area contributed by atoms with Crippen LogP contribution >= 0.6 is 12.4 Å². The third kappa shape index (κ3) is 5.26. The van der Waals surface area contributed by atoms with E-state index in [0.717, 1.165) is 16.8 Å². The Morgan fingerprint density at radius 2 is 1.92 bits per heavy atom. The topological polar surface area (TPSA) is 68.2 Å². The van der Waals surface area contributed by atoms with Crippen molar-refractivity contribution in [3.05, 3.63) is 47.8 Å². The molecule has 1 heterocycles. The lowest BCUT2D eigenvalue weighted by molar-refractivity contribution is 0.0948. The number of benzene rings is 1. The van der Waals surface area contributed by atoms with Gasteiger partial charge in [0.2, 0.25) is 0 Å². The van der Waals surface area contributed by atoms with E-state index in [1.807, 2.05) is 0 Å². The van der Waals surface area contributed by atoms with E-state index < -0.39 is 17.5 Å². The Morgan fingerprint density at radius 3 is 2.58 bits per heavy atom. The third-order valence-electron chi connectivity index (χ3n) is 3.06.